The van der Waals surface area contributed by atoms with Gasteiger partial charge in [0.2, 0.25) is 0 Å². The maximum absolute atomic E-state index is 13.3. The Morgan fingerprint density at radius 3 is 2.50 bits per heavy atom. The number of guanidine groups is 1. The fourth-order valence-corrected chi connectivity index (χ4v) is 2.19. The van der Waals surface area contributed by atoms with Crippen LogP contribution in [-0.2, 0) is 13.0 Å². The number of aryl methyl sites for hydroxylation is 2. The van der Waals surface area contributed by atoms with E-state index in [0.717, 1.165) is 30.2 Å². The summed E-state index contributed by atoms with van der Waals surface area (Å²) < 4.78 is 13.3. The average molecular weight is 442 g/mol. The molecular weight excluding hydrogens is 418 g/mol. The molecule has 0 fully saturated rings. The van der Waals surface area contributed by atoms with E-state index in [9.17, 15) is 4.39 Å². The van der Waals surface area contributed by atoms with E-state index in [0.29, 0.717) is 12.1 Å². The topological polar surface area (TPSA) is 49.3 Å². The molecule has 1 aromatic carbocycles. The third-order valence-corrected chi connectivity index (χ3v) is 3.58. The summed E-state index contributed by atoms with van der Waals surface area (Å²) >= 11 is 0. The molecule has 4 nitrogen and oxygen atoms in total. The molecule has 0 amide bonds. The summed E-state index contributed by atoms with van der Waals surface area (Å²) in [6, 6.07) is 9.21. The minimum Gasteiger partial charge on any atom is -0.356 e. The third-order valence-electron chi connectivity index (χ3n) is 3.58. The largest absolute Gasteiger partial charge is 0.356 e. The first-order valence-corrected chi connectivity index (χ1v) is 7.69. The van der Waals surface area contributed by atoms with Crippen molar-refractivity contribution in [2.24, 2.45) is 4.99 Å². The molecule has 0 aliphatic carbocycles. The van der Waals surface area contributed by atoms with Gasteiger partial charge in [0.1, 0.15) is 5.82 Å². The second kappa shape index (κ2) is 10.2. The summed E-state index contributed by atoms with van der Waals surface area (Å²) in [5.74, 6) is 0.551. The Morgan fingerprint density at radius 2 is 1.88 bits per heavy atom. The minimum absolute atomic E-state index is 0. The van der Waals surface area contributed by atoms with Crippen LogP contribution in [0, 0.1) is 19.7 Å². The van der Waals surface area contributed by atoms with E-state index in [2.05, 4.69) is 26.7 Å². The van der Waals surface area contributed by atoms with Gasteiger partial charge in [0.05, 0.1) is 0 Å². The van der Waals surface area contributed by atoms with Gasteiger partial charge in [-0.25, -0.2) is 4.39 Å². The second-order valence-electron chi connectivity index (χ2n) is 5.49. The standard InChI is InChI=1S/C18H23FN4.HI/c1-13-10-16(6-7-17(13)19)12-23-18(20-3)21-9-8-15-5-4-14(2)22-11-15;/h4-7,10-11H,8-9,12H2,1-3H3,(H2,20,21,23);1H. The molecule has 2 N–H and O–H groups in total. The van der Waals surface area contributed by atoms with Crippen LogP contribution in [-0.4, -0.2) is 24.5 Å². The second-order valence-corrected chi connectivity index (χ2v) is 5.49. The first-order valence-electron chi connectivity index (χ1n) is 7.69. The van der Waals surface area contributed by atoms with E-state index < -0.39 is 0 Å². The fraction of sp³-hybridized carbons (Fsp3) is 0.333. The molecule has 6 heteroatoms. The summed E-state index contributed by atoms with van der Waals surface area (Å²) in [5.41, 5.74) is 3.88. The fourth-order valence-electron chi connectivity index (χ4n) is 2.19. The van der Waals surface area contributed by atoms with Crippen LogP contribution < -0.4 is 10.6 Å². The number of pyridine rings is 1. The highest BCUT2D eigenvalue weighted by molar-refractivity contribution is 14.0. The van der Waals surface area contributed by atoms with E-state index in [1.807, 2.05) is 25.3 Å². The van der Waals surface area contributed by atoms with Gasteiger partial charge in [-0.3, -0.25) is 9.98 Å². The highest BCUT2D eigenvalue weighted by atomic mass is 127. The molecule has 130 valence electrons. The van der Waals surface area contributed by atoms with Crippen molar-refractivity contribution in [3.63, 3.8) is 0 Å². The zero-order valence-corrected chi connectivity index (χ0v) is 16.6. The Labute approximate surface area is 160 Å². The predicted molar refractivity (Wildman–Crippen MR) is 107 cm³/mol. The Hall–Kier alpha value is -1.70. The number of rotatable bonds is 5. The van der Waals surface area contributed by atoms with Crippen LogP contribution >= 0.6 is 24.0 Å². The molecule has 0 bridgehead atoms. The lowest BCUT2D eigenvalue weighted by atomic mass is 10.1. The molecular formula is C18H24FIN4. The third kappa shape index (κ3) is 6.43. The summed E-state index contributed by atoms with van der Waals surface area (Å²) in [6.45, 7) is 5.12. The van der Waals surface area contributed by atoms with Crippen molar-refractivity contribution in [2.45, 2.75) is 26.8 Å². The molecule has 0 unspecified atom stereocenters. The summed E-state index contributed by atoms with van der Waals surface area (Å²) in [7, 11) is 1.73. The van der Waals surface area contributed by atoms with Gasteiger partial charge in [-0.05, 0) is 49.1 Å². The molecule has 0 atom stereocenters. The molecule has 0 saturated heterocycles. The van der Waals surface area contributed by atoms with Crippen LogP contribution in [0.1, 0.15) is 22.4 Å². The number of hydrogen-bond donors (Lipinski definition) is 2. The van der Waals surface area contributed by atoms with Gasteiger partial charge in [0.25, 0.3) is 0 Å². The number of nitrogens with one attached hydrogen (secondary N) is 2. The molecule has 0 spiro atoms. The number of nitrogens with zero attached hydrogens (tertiary/aromatic N) is 2. The quantitative estimate of drug-likeness (QED) is 0.424. The van der Waals surface area contributed by atoms with E-state index in [4.69, 9.17) is 0 Å². The van der Waals surface area contributed by atoms with Crippen LogP contribution in [0.2, 0.25) is 0 Å². The van der Waals surface area contributed by atoms with Crippen LogP contribution in [0.15, 0.2) is 41.5 Å². The number of aromatic nitrogens is 1. The zero-order chi connectivity index (χ0) is 16.7. The van der Waals surface area contributed by atoms with Crippen LogP contribution in [0.5, 0.6) is 0 Å². The zero-order valence-electron chi connectivity index (χ0n) is 14.3. The maximum Gasteiger partial charge on any atom is 0.191 e. The van der Waals surface area contributed by atoms with Gasteiger partial charge < -0.3 is 10.6 Å². The number of halogens is 2. The molecule has 1 heterocycles. The van der Waals surface area contributed by atoms with Crippen molar-refractivity contribution in [2.75, 3.05) is 13.6 Å². The highest BCUT2D eigenvalue weighted by Crippen LogP contribution is 2.08. The van der Waals surface area contributed by atoms with Gasteiger partial charge in [0, 0.05) is 32.0 Å². The van der Waals surface area contributed by atoms with E-state index >= 15 is 0 Å². The van der Waals surface area contributed by atoms with Crippen molar-refractivity contribution in [3.8, 4) is 0 Å². The van der Waals surface area contributed by atoms with Crippen molar-refractivity contribution >= 4 is 29.9 Å². The normalized spacial score (nSPS) is 10.9. The molecule has 0 aliphatic rings. The number of hydrogen-bond acceptors (Lipinski definition) is 2. The van der Waals surface area contributed by atoms with Crippen LogP contribution in [0.25, 0.3) is 0 Å². The lowest BCUT2D eigenvalue weighted by Gasteiger charge is -2.12. The molecule has 0 saturated carbocycles. The first kappa shape index (κ1) is 20.3. The van der Waals surface area contributed by atoms with E-state index in [1.165, 1.54) is 11.6 Å². The molecule has 1 aromatic heterocycles. The Morgan fingerprint density at radius 1 is 1.12 bits per heavy atom. The Bertz CT molecular complexity index is 671. The predicted octanol–water partition coefficient (Wildman–Crippen LogP) is 3.36. The summed E-state index contributed by atoms with van der Waals surface area (Å²) in [5, 5.41) is 6.49. The summed E-state index contributed by atoms with van der Waals surface area (Å²) in [4.78, 5) is 8.48. The van der Waals surface area contributed by atoms with Crippen molar-refractivity contribution in [1.82, 2.24) is 15.6 Å². The summed E-state index contributed by atoms with van der Waals surface area (Å²) in [6.07, 6.45) is 2.78. The monoisotopic (exact) mass is 442 g/mol. The maximum atomic E-state index is 13.3. The minimum atomic E-state index is -0.178. The molecule has 24 heavy (non-hydrogen) atoms. The SMILES string of the molecule is CN=C(NCCc1ccc(C)nc1)NCc1ccc(F)c(C)c1.I. The molecule has 2 rings (SSSR count). The molecule has 2 aromatic rings. The van der Waals surface area contributed by atoms with Crippen molar-refractivity contribution in [3.05, 3.63) is 64.7 Å². The number of benzene rings is 1. The van der Waals surface area contributed by atoms with Crippen molar-refractivity contribution < 1.29 is 4.39 Å². The van der Waals surface area contributed by atoms with Gasteiger partial charge in [-0.15, -0.1) is 24.0 Å². The lowest BCUT2D eigenvalue weighted by molar-refractivity contribution is 0.617. The first-order chi connectivity index (χ1) is 11.1. The average Bonchev–Trinajstić information content (AvgIpc) is 2.55. The Balaban J connectivity index is 0.00000288. The van der Waals surface area contributed by atoms with Gasteiger partial charge in [-0.1, -0.05) is 18.2 Å². The molecule has 0 aliphatic heterocycles. The Kier molecular flexibility index (Phi) is 8.67. The van der Waals surface area contributed by atoms with Gasteiger partial charge in [0.15, 0.2) is 5.96 Å². The van der Waals surface area contributed by atoms with Crippen LogP contribution in [0.4, 0.5) is 4.39 Å². The lowest BCUT2D eigenvalue weighted by Crippen LogP contribution is -2.37. The van der Waals surface area contributed by atoms with Crippen molar-refractivity contribution in [1.29, 1.82) is 0 Å². The van der Waals surface area contributed by atoms with E-state index in [-0.39, 0.29) is 29.8 Å². The number of aliphatic imine (C=N–C) groups is 1. The van der Waals surface area contributed by atoms with Gasteiger partial charge >= 0.3 is 0 Å². The van der Waals surface area contributed by atoms with Gasteiger partial charge in [-0.2, -0.15) is 0 Å². The smallest absolute Gasteiger partial charge is 0.191 e. The van der Waals surface area contributed by atoms with Crippen LogP contribution in [0.3, 0.4) is 0 Å². The highest BCUT2D eigenvalue weighted by Gasteiger charge is 2.01. The van der Waals surface area contributed by atoms with E-state index in [1.54, 1.807) is 20.0 Å². The molecule has 0 radical (unpaired) electrons.